The van der Waals surface area contributed by atoms with Crippen molar-refractivity contribution >= 4 is 15.9 Å². The van der Waals surface area contributed by atoms with Crippen molar-refractivity contribution in [2.45, 2.75) is 17.9 Å². The molecule has 1 aliphatic heterocycles. The van der Waals surface area contributed by atoms with E-state index in [1.54, 1.807) is 31.2 Å². The van der Waals surface area contributed by atoms with Gasteiger partial charge in [0.25, 0.3) is 0 Å². The molecule has 1 aromatic rings. The highest BCUT2D eigenvalue weighted by molar-refractivity contribution is 7.96. The molecule has 0 saturated heterocycles. The molecule has 0 aliphatic carbocycles. The fourth-order valence-electron chi connectivity index (χ4n) is 1.58. The van der Waals surface area contributed by atoms with E-state index >= 15 is 0 Å². The first-order valence-corrected chi connectivity index (χ1v) is 5.83. The van der Waals surface area contributed by atoms with Gasteiger partial charge >= 0.3 is 0 Å². The van der Waals surface area contributed by atoms with Crippen LogP contribution in [0.2, 0.25) is 0 Å². The van der Waals surface area contributed by atoms with Gasteiger partial charge in [0.15, 0.2) is 0 Å². The Balaban J connectivity index is 2.69. The zero-order valence-electron chi connectivity index (χ0n) is 7.77. The van der Waals surface area contributed by atoms with Gasteiger partial charge in [0.2, 0.25) is 9.84 Å². The molecule has 1 heterocycles. The molecule has 74 valence electrons. The molecule has 4 heteroatoms. The highest BCUT2D eigenvalue weighted by Crippen LogP contribution is 2.33. The molecule has 0 aromatic heterocycles. The van der Waals surface area contributed by atoms with Crippen LogP contribution >= 0.6 is 0 Å². The molecule has 1 unspecified atom stereocenters. The number of nitrogens with two attached hydrogens (primary N) is 1. The predicted molar refractivity (Wildman–Crippen MR) is 55.3 cm³/mol. The second kappa shape index (κ2) is 2.93. The molecular formula is C10H11NO2S. The minimum atomic E-state index is -3.31. The maximum absolute atomic E-state index is 11.9. The maximum atomic E-state index is 11.9. The topological polar surface area (TPSA) is 60.2 Å². The van der Waals surface area contributed by atoms with E-state index in [-0.39, 0.29) is 0 Å². The zero-order valence-corrected chi connectivity index (χ0v) is 8.58. The molecule has 3 nitrogen and oxygen atoms in total. The Kier molecular flexibility index (Phi) is 1.97. The van der Waals surface area contributed by atoms with E-state index in [0.29, 0.717) is 9.80 Å². The lowest BCUT2D eigenvalue weighted by atomic mass is 10.2. The summed E-state index contributed by atoms with van der Waals surface area (Å²) in [7, 11) is -3.31. The quantitative estimate of drug-likeness (QED) is 0.755. The van der Waals surface area contributed by atoms with Crippen LogP contribution in [0, 0.1) is 0 Å². The highest BCUT2D eigenvalue weighted by atomic mass is 32.2. The second-order valence-electron chi connectivity index (χ2n) is 3.38. The predicted octanol–water partition coefficient (Wildman–Crippen LogP) is 1.16. The van der Waals surface area contributed by atoms with Crippen molar-refractivity contribution in [1.29, 1.82) is 0 Å². The number of fused-ring (bicyclic) bond motifs is 1. The first kappa shape index (κ1) is 9.43. The SMILES string of the molecule is CC(N)C1=Cc2ccccc2S1(=O)=O. The Morgan fingerprint density at radius 2 is 1.93 bits per heavy atom. The molecule has 2 rings (SSSR count). The van der Waals surface area contributed by atoms with Gasteiger partial charge in [-0.25, -0.2) is 8.42 Å². The van der Waals surface area contributed by atoms with E-state index in [0.717, 1.165) is 5.56 Å². The molecule has 1 aromatic carbocycles. The van der Waals surface area contributed by atoms with E-state index in [1.165, 1.54) is 0 Å². The largest absolute Gasteiger partial charge is 0.324 e. The van der Waals surface area contributed by atoms with Crippen LogP contribution in [0.1, 0.15) is 12.5 Å². The Morgan fingerprint density at radius 3 is 2.50 bits per heavy atom. The van der Waals surface area contributed by atoms with E-state index < -0.39 is 15.9 Å². The summed E-state index contributed by atoms with van der Waals surface area (Å²) < 4.78 is 23.8. The van der Waals surface area contributed by atoms with Gasteiger partial charge in [-0.1, -0.05) is 18.2 Å². The van der Waals surface area contributed by atoms with Crippen LogP contribution in [0.25, 0.3) is 6.08 Å². The van der Waals surface area contributed by atoms with E-state index in [1.807, 2.05) is 6.07 Å². The fraction of sp³-hybridized carbons (Fsp3) is 0.200. The van der Waals surface area contributed by atoms with Crippen molar-refractivity contribution in [3.63, 3.8) is 0 Å². The van der Waals surface area contributed by atoms with Crippen LogP contribution in [-0.2, 0) is 9.84 Å². The minimum Gasteiger partial charge on any atom is -0.324 e. The van der Waals surface area contributed by atoms with E-state index in [9.17, 15) is 8.42 Å². The summed E-state index contributed by atoms with van der Waals surface area (Å²) in [5.41, 5.74) is 6.34. The molecule has 0 saturated carbocycles. The van der Waals surface area contributed by atoms with Crippen molar-refractivity contribution in [3.05, 3.63) is 34.7 Å². The molecule has 0 bridgehead atoms. The van der Waals surface area contributed by atoms with Crippen LogP contribution in [0.5, 0.6) is 0 Å². The summed E-state index contributed by atoms with van der Waals surface area (Å²) >= 11 is 0. The van der Waals surface area contributed by atoms with Gasteiger partial charge in [-0.2, -0.15) is 0 Å². The second-order valence-corrected chi connectivity index (χ2v) is 5.29. The first-order chi connectivity index (χ1) is 6.53. The van der Waals surface area contributed by atoms with Crippen molar-refractivity contribution < 1.29 is 8.42 Å². The normalized spacial score (nSPS) is 20.0. The molecular weight excluding hydrogens is 198 g/mol. The summed E-state index contributed by atoms with van der Waals surface area (Å²) in [5.74, 6) is 0. The molecule has 0 amide bonds. The summed E-state index contributed by atoms with van der Waals surface area (Å²) in [6.45, 7) is 1.68. The van der Waals surface area contributed by atoms with Gasteiger partial charge in [0, 0.05) is 6.04 Å². The third-order valence-electron chi connectivity index (χ3n) is 2.27. The average molecular weight is 209 g/mol. The standard InChI is InChI=1S/C10H11NO2S/c1-7(11)10-6-8-4-2-3-5-9(8)14(10,12)13/h2-7H,11H2,1H3. The first-order valence-electron chi connectivity index (χ1n) is 4.35. The Labute approximate surface area is 83.2 Å². The van der Waals surface area contributed by atoms with Crippen LogP contribution < -0.4 is 5.73 Å². The summed E-state index contributed by atoms with van der Waals surface area (Å²) in [4.78, 5) is 0.672. The van der Waals surface area contributed by atoms with Crippen LogP contribution in [-0.4, -0.2) is 14.5 Å². The molecule has 14 heavy (non-hydrogen) atoms. The fourth-order valence-corrected chi connectivity index (χ4v) is 3.30. The third kappa shape index (κ3) is 1.19. The lowest BCUT2D eigenvalue weighted by molar-refractivity contribution is 0.600. The third-order valence-corrected chi connectivity index (χ3v) is 4.33. The molecule has 2 N–H and O–H groups in total. The number of benzene rings is 1. The lowest BCUT2D eigenvalue weighted by Crippen LogP contribution is -2.21. The van der Waals surface area contributed by atoms with Crippen molar-refractivity contribution in [3.8, 4) is 0 Å². The molecule has 0 spiro atoms. The van der Waals surface area contributed by atoms with Gasteiger partial charge in [0.1, 0.15) is 0 Å². The summed E-state index contributed by atoms with van der Waals surface area (Å²) in [5, 5.41) is 0. The maximum Gasteiger partial charge on any atom is 0.204 e. The van der Waals surface area contributed by atoms with Gasteiger partial charge in [-0.05, 0) is 24.6 Å². The molecule has 1 atom stereocenters. The van der Waals surface area contributed by atoms with Crippen LogP contribution in [0.15, 0.2) is 34.1 Å². The van der Waals surface area contributed by atoms with E-state index in [4.69, 9.17) is 5.73 Å². The van der Waals surface area contributed by atoms with Gasteiger partial charge in [-0.3, -0.25) is 0 Å². The summed E-state index contributed by atoms with van der Waals surface area (Å²) in [6, 6.07) is 6.47. The van der Waals surface area contributed by atoms with Crippen LogP contribution in [0.3, 0.4) is 0 Å². The van der Waals surface area contributed by atoms with Gasteiger partial charge in [-0.15, -0.1) is 0 Å². The average Bonchev–Trinajstić information content (AvgIpc) is 2.39. The number of hydrogen-bond acceptors (Lipinski definition) is 3. The Morgan fingerprint density at radius 1 is 1.29 bits per heavy atom. The van der Waals surface area contributed by atoms with Crippen molar-refractivity contribution in [2.75, 3.05) is 0 Å². The van der Waals surface area contributed by atoms with Gasteiger partial charge < -0.3 is 5.73 Å². The number of sulfone groups is 1. The van der Waals surface area contributed by atoms with Crippen LogP contribution in [0.4, 0.5) is 0 Å². The lowest BCUT2D eigenvalue weighted by Gasteiger charge is -2.06. The minimum absolute atomic E-state index is 0.304. The monoisotopic (exact) mass is 209 g/mol. The molecule has 1 aliphatic rings. The number of hydrogen-bond donors (Lipinski definition) is 1. The zero-order chi connectivity index (χ0) is 10.3. The van der Waals surface area contributed by atoms with Crippen molar-refractivity contribution in [1.82, 2.24) is 0 Å². The number of rotatable bonds is 1. The summed E-state index contributed by atoms with van der Waals surface area (Å²) in [6.07, 6.45) is 1.65. The van der Waals surface area contributed by atoms with Crippen molar-refractivity contribution in [2.24, 2.45) is 5.73 Å². The highest BCUT2D eigenvalue weighted by Gasteiger charge is 2.30. The smallest absolute Gasteiger partial charge is 0.204 e. The van der Waals surface area contributed by atoms with E-state index in [2.05, 4.69) is 0 Å². The molecule has 0 radical (unpaired) electrons. The Hall–Kier alpha value is -1.13. The van der Waals surface area contributed by atoms with Gasteiger partial charge in [0.05, 0.1) is 9.80 Å². The molecule has 0 fully saturated rings. The Bertz CT molecular complexity index is 501.